The summed E-state index contributed by atoms with van der Waals surface area (Å²) in [6.07, 6.45) is 6.20. The first-order valence-corrected chi connectivity index (χ1v) is 11.1. The molecule has 3 heterocycles. The number of likely N-dealkylation sites (tertiary alicyclic amines) is 1. The van der Waals surface area contributed by atoms with Gasteiger partial charge in [0.2, 0.25) is 0 Å². The third kappa shape index (κ3) is 3.10. The standard InChI is InChI=1S/C24H31N5O/c1-16(2)29-14-6-13-24(29,3)23-27-26-22-12-9-17(15-28(22)23)30-21-11-10-20(25)18-7-4-5-8-19(18)21/h4-5,7-9,12,15-16,20-21H,6,10-11,13-14,25H2,1-3H3/t20-,21+,24-/m0/s1. The summed E-state index contributed by atoms with van der Waals surface area (Å²) in [5.41, 5.74) is 9.47. The van der Waals surface area contributed by atoms with E-state index in [2.05, 4.69) is 70.7 Å². The number of rotatable bonds is 4. The Kier molecular flexibility index (Phi) is 4.79. The van der Waals surface area contributed by atoms with Gasteiger partial charge in [-0.05, 0) is 76.3 Å². The molecule has 1 aromatic carbocycles. The molecule has 0 radical (unpaired) electrons. The predicted molar refractivity (Wildman–Crippen MR) is 117 cm³/mol. The van der Waals surface area contributed by atoms with E-state index in [1.165, 1.54) is 17.5 Å². The van der Waals surface area contributed by atoms with Gasteiger partial charge in [-0.1, -0.05) is 24.3 Å². The zero-order chi connectivity index (χ0) is 20.9. The molecule has 2 N–H and O–H groups in total. The molecular weight excluding hydrogens is 374 g/mol. The summed E-state index contributed by atoms with van der Waals surface area (Å²) in [5, 5.41) is 9.06. The number of ether oxygens (including phenoxy) is 1. The van der Waals surface area contributed by atoms with Gasteiger partial charge in [0, 0.05) is 12.1 Å². The number of hydrogen-bond acceptors (Lipinski definition) is 5. The molecule has 5 rings (SSSR count). The normalized spacial score (nSPS) is 27.0. The highest BCUT2D eigenvalue weighted by Gasteiger charge is 2.43. The number of fused-ring (bicyclic) bond motifs is 2. The summed E-state index contributed by atoms with van der Waals surface area (Å²) in [7, 11) is 0. The fourth-order valence-electron chi connectivity index (χ4n) is 5.43. The second kappa shape index (κ2) is 7.36. The molecular formula is C24H31N5O. The van der Waals surface area contributed by atoms with Crippen LogP contribution in [0.25, 0.3) is 5.65 Å². The molecule has 0 unspecified atom stereocenters. The predicted octanol–water partition coefficient (Wildman–Crippen LogP) is 4.36. The fraction of sp³-hybridized carbons (Fsp3) is 0.500. The Balaban J connectivity index is 1.49. The molecule has 1 aliphatic heterocycles. The van der Waals surface area contributed by atoms with Crippen LogP contribution in [0.4, 0.5) is 0 Å². The summed E-state index contributed by atoms with van der Waals surface area (Å²) >= 11 is 0. The van der Waals surface area contributed by atoms with Crippen molar-refractivity contribution in [1.82, 2.24) is 19.5 Å². The minimum atomic E-state index is -0.115. The van der Waals surface area contributed by atoms with Crippen molar-refractivity contribution in [2.75, 3.05) is 6.54 Å². The van der Waals surface area contributed by atoms with Crippen molar-refractivity contribution in [1.29, 1.82) is 0 Å². The third-order valence-corrected chi connectivity index (χ3v) is 6.94. The second-order valence-electron chi connectivity index (χ2n) is 9.20. The van der Waals surface area contributed by atoms with Crippen LogP contribution in [0.1, 0.15) is 75.6 Å². The van der Waals surface area contributed by atoms with Crippen molar-refractivity contribution in [3.8, 4) is 5.75 Å². The molecule has 0 saturated carbocycles. The molecule has 1 saturated heterocycles. The molecule has 158 valence electrons. The zero-order valence-corrected chi connectivity index (χ0v) is 18.1. The highest BCUT2D eigenvalue weighted by molar-refractivity contribution is 5.43. The van der Waals surface area contributed by atoms with Crippen LogP contribution in [0.2, 0.25) is 0 Å². The van der Waals surface area contributed by atoms with Crippen LogP contribution in [-0.2, 0) is 5.54 Å². The van der Waals surface area contributed by atoms with Gasteiger partial charge < -0.3 is 10.5 Å². The number of aromatic nitrogens is 3. The summed E-state index contributed by atoms with van der Waals surface area (Å²) in [6.45, 7) is 7.90. The van der Waals surface area contributed by atoms with Crippen LogP contribution >= 0.6 is 0 Å². The fourth-order valence-corrected chi connectivity index (χ4v) is 5.43. The average Bonchev–Trinajstić information content (AvgIpc) is 3.34. The third-order valence-electron chi connectivity index (χ3n) is 6.94. The zero-order valence-electron chi connectivity index (χ0n) is 18.1. The van der Waals surface area contributed by atoms with Crippen molar-refractivity contribution < 1.29 is 4.74 Å². The minimum absolute atomic E-state index is 0.0209. The number of pyridine rings is 1. The Hall–Kier alpha value is -2.44. The molecule has 2 aromatic heterocycles. The lowest BCUT2D eigenvalue weighted by atomic mass is 9.86. The lowest BCUT2D eigenvalue weighted by molar-refractivity contribution is 0.108. The Morgan fingerprint density at radius 1 is 1.10 bits per heavy atom. The van der Waals surface area contributed by atoms with Crippen LogP contribution in [0.5, 0.6) is 5.75 Å². The van der Waals surface area contributed by atoms with Crippen LogP contribution in [0.3, 0.4) is 0 Å². The first kappa shape index (κ1) is 19.5. The van der Waals surface area contributed by atoms with Gasteiger partial charge in [-0.3, -0.25) is 9.30 Å². The molecule has 6 heteroatoms. The first-order chi connectivity index (χ1) is 14.5. The Morgan fingerprint density at radius 2 is 1.90 bits per heavy atom. The second-order valence-corrected chi connectivity index (χ2v) is 9.20. The van der Waals surface area contributed by atoms with E-state index >= 15 is 0 Å². The summed E-state index contributed by atoms with van der Waals surface area (Å²) in [6, 6.07) is 13.0. The molecule has 2 aliphatic rings. The molecule has 30 heavy (non-hydrogen) atoms. The lowest BCUT2D eigenvalue weighted by Gasteiger charge is -2.36. The first-order valence-electron chi connectivity index (χ1n) is 11.1. The molecule has 0 spiro atoms. The van der Waals surface area contributed by atoms with Crippen molar-refractivity contribution in [2.45, 2.75) is 70.2 Å². The van der Waals surface area contributed by atoms with Gasteiger partial charge in [0.05, 0.1) is 11.7 Å². The molecule has 6 nitrogen and oxygen atoms in total. The number of nitrogens with zero attached hydrogens (tertiary/aromatic N) is 4. The highest BCUT2D eigenvalue weighted by Crippen LogP contribution is 2.40. The molecule has 3 aromatic rings. The van der Waals surface area contributed by atoms with Crippen molar-refractivity contribution in [3.05, 3.63) is 59.5 Å². The topological polar surface area (TPSA) is 68.7 Å². The summed E-state index contributed by atoms with van der Waals surface area (Å²) in [4.78, 5) is 2.54. The quantitative estimate of drug-likeness (QED) is 0.698. The van der Waals surface area contributed by atoms with Crippen LogP contribution in [0.15, 0.2) is 42.6 Å². The largest absolute Gasteiger partial charge is 0.484 e. The Bertz CT molecular complexity index is 1060. The SMILES string of the molecule is CC(C)N1CCC[C@@]1(C)c1nnc2ccc(O[C@@H]3CC[C@H](N)c4ccccc43)cn12. The minimum Gasteiger partial charge on any atom is -0.484 e. The van der Waals surface area contributed by atoms with Crippen LogP contribution < -0.4 is 10.5 Å². The van der Waals surface area contributed by atoms with Crippen LogP contribution in [-0.4, -0.2) is 32.1 Å². The van der Waals surface area contributed by atoms with Gasteiger partial charge in [0.1, 0.15) is 11.9 Å². The van der Waals surface area contributed by atoms with Gasteiger partial charge in [0.15, 0.2) is 11.5 Å². The maximum absolute atomic E-state index is 6.49. The molecule has 3 atom stereocenters. The van der Waals surface area contributed by atoms with Gasteiger partial charge in [-0.25, -0.2) is 0 Å². The van der Waals surface area contributed by atoms with Crippen molar-refractivity contribution in [3.63, 3.8) is 0 Å². The highest BCUT2D eigenvalue weighted by atomic mass is 16.5. The van der Waals surface area contributed by atoms with Gasteiger partial charge in [-0.15, -0.1) is 10.2 Å². The smallest absolute Gasteiger partial charge is 0.161 e. The van der Waals surface area contributed by atoms with E-state index in [0.717, 1.165) is 43.0 Å². The molecule has 0 bridgehead atoms. The van der Waals surface area contributed by atoms with Gasteiger partial charge >= 0.3 is 0 Å². The lowest BCUT2D eigenvalue weighted by Crippen LogP contribution is -2.44. The van der Waals surface area contributed by atoms with E-state index in [-0.39, 0.29) is 17.7 Å². The molecule has 1 fully saturated rings. The average molecular weight is 406 g/mol. The van der Waals surface area contributed by atoms with E-state index in [0.29, 0.717) is 6.04 Å². The summed E-state index contributed by atoms with van der Waals surface area (Å²) < 4.78 is 8.61. The van der Waals surface area contributed by atoms with E-state index < -0.39 is 0 Å². The van der Waals surface area contributed by atoms with E-state index in [4.69, 9.17) is 10.5 Å². The number of nitrogens with two attached hydrogens (primary N) is 1. The Labute approximate surface area is 178 Å². The van der Waals surface area contributed by atoms with E-state index in [1.807, 2.05) is 12.1 Å². The van der Waals surface area contributed by atoms with E-state index in [9.17, 15) is 0 Å². The van der Waals surface area contributed by atoms with Crippen molar-refractivity contribution >= 4 is 5.65 Å². The number of benzene rings is 1. The Morgan fingerprint density at radius 3 is 2.70 bits per heavy atom. The maximum atomic E-state index is 6.49. The monoisotopic (exact) mass is 405 g/mol. The number of hydrogen-bond donors (Lipinski definition) is 1. The molecule has 0 amide bonds. The van der Waals surface area contributed by atoms with Crippen LogP contribution in [0, 0.1) is 0 Å². The van der Waals surface area contributed by atoms with Gasteiger partial charge in [0.25, 0.3) is 0 Å². The van der Waals surface area contributed by atoms with Gasteiger partial charge in [-0.2, -0.15) is 0 Å². The summed E-state index contributed by atoms with van der Waals surface area (Å²) in [5.74, 6) is 1.84. The maximum Gasteiger partial charge on any atom is 0.161 e. The molecule has 1 aliphatic carbocycles. The van der Waals surface area contributed by atoms with E-state index in [1.54, 1.807) is 0 Å². The van der Waals surface area contributed by atoms with Crippen molar-refractivity contribution in [2.24, 2.45) is 5.73 Å².